The molecule has 10 heteroatoms. The lowest BCUT2D eigenvalue weighted by Gasteiger charge is -2.16. The van der Waals surface area contributed by atoms with Crippen molar-refractivity contribution in [2.45, 2.75) is 12.8 Å². The van der Waals surface area contributed by atoms with Crippen LogP contribution >= 0.6 is 0 Å². The van der Waals surface area contributed by atoms with Gasteiger partial charge in [0, 0.05) is 30.9 Å². The summed E-state index contributed by atoms with van der Waals surface area (Å²) in [5.41, 5.74) is 4.46. The summed E-state index contributed by atoms with van der Waals surface area (Å²) in [6.45, 7) is 1.77. The predicted molar refractivity (Wildman–Crippen MR) is 115 cm³/mol. The normalized spacial score (nSPS) is 13.5. The molecule has 4 rings (SSSR count). The Morgan fingerprint density at radius 3 is 2.37 bits per heavy atom. The van der Waals surface area contributed by atoms with Crippen molar-refractivity contribution in [3.8, 4) is 0 Å². The Morgan fingerprint density at radius 2 is 1.67 bits per heavy atom. The molecule has 1 fully saturated rings. The first-order valence-corrected chi connectivity index (χ1v) is 9.54. The highest BCUT2D eigenvalue weighted by Crippen LogP contribution is 2.22. The van der Waals surface area contributed by atoms with Crippen molar-refractivity contribution in [2.75, 3.05) is 28.7 Å². The van der Waals surface area contributed by atoms with Gasteiger partial charge in [0.25, 0.3) is 5.69 Å². The molecule has 1 aliphatic heterocycles. The van der Waals surface area contributed by atoms with E-state index in [0.717, 1.165) is 31.5 Å². The molecule has 152 valence electrons. The Kier molecular flexibility index (Phi) is 5.74. The Labute approximate surface area is 172 Å². The van der Waals surface area contributed by atoms with Crippen LogP contribution in [0.4, 0.5) is 29.2 Å². The van der Waals surface area contributed by atoms with E-state index in [1.165, 1.54) is 12.1 Å². The second kappa shape index (κ2) is 8.95. The number of hydrogen-bond donors (Lipinski definition) is 2. The van der Waals surface area contributed by atoms with Crippen LogP contribution in [0.5, 0.6) is 0 Å². The first kappa shape index (κ1) is 19.2. The van der Waals surface area contributed by atoms with Crippen LogP contribution in [0.1, 0.15) is 18.4 Å². The summed E-state index contributed by atoms with van der Waals surface area (Å²) < 4.78 is 0. The number of nitrogens with zero attached hydrogens (tertiary/aromatic N) is 6. The molecule has 1 saturated heterocycles. The van der Waals surface area contributed by atoms with E-state index in [1.54, 1.807) is 18.3 Å². The minimum absolute atomic E-state index is 0.0200. The molecule has 1 aromatic heterocycles. The number of non-ortho nitro benzene ring substituents is 1. The van der Waals surface area contributed by atoms with Gasteiger partial charge in [-0.25, -0.2) is 5.43 Å². The van der Waals surface area contributed by atoms with Gasteiger partial charge in [-0.2, -0.15) is 20.1 Å². The molecule has 3 aromatic rings. The number of rotatable bonds is 7. The first-order chi connectivity index (χ1) is 14.7. The third-order valence-corrected chi connectivity index (χ3v) is 4.52. The summed E-state index contributed by atoms with van der Waals surface area (Å²) in [6.07, 6.45) is 3.86. The number of benzene rings is 2. The third-order valence-electron chi connectivity index (χ3n) is 4.52. The standard InChI is InChI=1S/C20H20N8O2/c29-28(30)17-10-8-16(9-11-17)22-18-23-19(25-20(24-18)27-12-4-5-13-27)26-21-14-15-6-2-1-3-7-15/h1-3,6-11,14H,4-5,12-13H2,(H2,22,23,24,25,26)/b21-14+. The van der Waals surface area contributed by atoms with Crippen LogP contribution in [0.15, 0.2) is 59.7 Å². The molecule has 2 heterocycles. The lowest BCUT2D eigenvalue weighted by Crippen LogP contribution is -2.21. The van der Waals surface area contributed by atoms with Crippen molar-refractivity contribution < 1.29 is 4.92 Å². The molecule has 10 nitrogen and oxygen atoms in total. The number of nitrogens with one attached hydrogen (secondary N) is 2. The molecule has 0 radical (unpaired) electrons. The minimum Gasteiger partial charge on any atom is -0.341 e. The average Bonchev–Trinajstić information content (AvgIpc) is 3.30. The van der Waals surface area contributed by atoms with Gasteiger partial charge in [0.05, 0.1) is 11.1 Å². The van der Waals surface area contributed by atoms with Crippen LogP contribution in [0.2, 0.25) is 0 Å². The molecule has 0 amide bonds. The third kappa shape index (κ3) is 4.85. The van der Waals surface area contributed by atoms with Crippen molar-refractivity contribution in [3.05, 3.63) is 70.3 Å². The van der Waals surface area contributed by atoms with Gasteiger partial charge in [-0.15, -0.1) is 0 Å². The van der Waals surface area contributed by atoms with Gasteiger partial charge in [-0.3, -0.25) is 10.1 Å². The second-order valence-electron chi connectivity index (χ2n) is 6.69. The van der Waals surface area contributed by atoms with Crippen LogP contribution in [-0.2, 0) is 0 Å². The quantitative estimate of drug-likeness (QED) is 0.348. The van der Waals surface area contributed by atoms with E-state index in [0.29, 0.717) is 23.5 Å². The largest absolute Gasteiger partial charge is 0.341 e. The SMILES string of the molecule is O=[N+]([O-])c1ccc(Nc2nc(N/N=C/c3ccccc3)nc(N3CCCC3)n2)cc1. The maximum absolute atomic E-state index is 10.8. The number of anilines is 4. The molecule has 0 aliphatic carbocycles. The Balaban J connectivity index is 1.55. The second-order valence-corrected chi connectivity index (χ2v) is 6.69. The average molecular weight is 404 g/mol. The smallest absolute Gasteiger partial charge is 0.269 e. The van der Waals surface area contributed by atoms with Crippen LogP contribution in [0, 0.1) is 10.1 Å². The zero-order valence-electron chi connectivity index (χ0n) is 16.1. The number of nitro benzene ring substituents is 1. The molecule has 2 N–H and O–H groups in total. The van der Waals surface area contributed by atoms with E-state index >= 15 is 0 Å². The van der Waals surface area contributed by atoms with E-state index in [2.05, 4.69) is 35.7 Å². The van der Waals surface area contributed by atoms with Gasteiger partial charge in [0.15, 0.2) is 0 Å². The zero-order chi connectivity index (χ0) is 20.8. The van der Waals surface area contributed by atoms with Gasteiger partial charge >= 0.3 is 0 Å². The van der Waals surface area contributed by atoms with Crippen molar-refractivity contribution in [1.82, 2.24) is 15.0 Å². The van der Waals surface area contributed by atoms with Gasteiger partial charge in [-0.05, 0) is 30.5 Å². The molecule has 0 saturated carbocycles. The summed E-state index contributed by atoms with van der Waals surface area (Å²) in [7, 11) is 0. The molecule has 30 heavy (non-hydrogen) atoms. The molecule has 0 bridgehead atoms. The highest BCUT2D eigenvalue weighted by Gasteiger charge is 2.17. The number of hydrogen-bond acceptors (Lipinski definition) is 9. The van der Waals surface area contributed by atoms with E-state index < -0.39 is 4.92 Å². The van der Waals surface area contributed by atoms with Crippen molar-refractivity contribution >= 4 is 35.4 Å². The van der Waals surface area contributed by atoms with Gasteiger partial charge in [0.2, 0.25) is 17.8 Å². The molecule has 0 spiro atoms. The first-order valence-electron chi connectivity index (χ1n) is 9.54. The fourth-order valence-electron chi connectivity index (χ4n) is 3.03. The zero-order valence-corrected chi connectivity index (χ0v) is 16.1. The van der Waals surface area contributed by atoms with Gasteiger partial charge in [0.1, 0.15) is 0 Å². The topological polar surface area (TPSA) is 121 Å². The van der Waals surface area contributed by atoms with Crippen LogP contribution in [0.25, 0.3) is 0 Å². The predicted octanol–water partition coefficient (Wildman–Crippen LogP) is 3.57. The highest BCUT2D eigenvalue weighted by atomic mass is 16.6. The molecule has 1 aliphatic rings. The summed E-state index contributed by atoms with van der Waals surface area (Å²) in [4.78, 5) is 25.8. The maximum atomic E-state index is 10.8. The summed E-state index contributed by atoms with van der Waals surface area (Å²) in [5.74, 6) is 1.20. The fourth-order valence-corrected chi connectivity index (χ4v) is 3.03. The molecule has 0 atom stereocenters. The van der Waals surface area contributed by atoms with Crippen molar-refractivity contribution in [3.63, 3.8) is 0 Å². The summed E-state index contributed by atoms with van der Waals surface area (Å²) in [6, 6.07) is 15.8. The minimum atomic E-state index is -0.440. The Morgan fingerprint density at radius 1 is 0.967 bits per heavy atom. The van der Waals surface area contributed by atoms with Gasteiger partial charge < -0.3 is 10.2 Å². The van der Waals surface area contributed by atoms with E-state index in [-0.39, 0.29) is 5.69 Å². The lowest BCUT2D eigenvalue weighted by molar-refractivity contribution is -0.384. The summed E-state index contributed by atoms with van der Waals surface area (Å²) in [5, 5.41) is 18.1. The molecular weight excluding hydrogens is 384 g/mol. The Bertz CT molecular complexity index is 1030. The molecular formula is C20H20N8O2. The number of hydrazone groups is 1. The van der Waals surface area contributed by atoms with Crippen molar-refractivity contribution in [1.29, 1.82) is 0 Å². The monoisotopic (exact) mass is 404 g/mol. The highest BCUT2D eigenvalue weighted by molar-refractivity contribution is 5.79. The maximum Gasteiger partial charge on any atom is 0.269 e. The molecule has 0 unspecified atom stereocenters. The van der Waals surface area contributed by atoms with Crippen LogP contribution in [-0.4, -0.2) is 39.2 Å². The van der Waals surface area contributed by atoms with E-state index in [9.17, 15) is 10.1 Å². The van der Waals surface area contributed by atoms with Crippen LogP contribution < -0.4 is 15.6 Å². The number of nitro groups is 1. The summed E-state index contributed by atoms with van der Waals surface area (Å²) >= 11 is 0. The fraction of sp³-hybridized carbons (Fsp3) is 0.200. The molecule has 2 aromatic carbocycles. The lowest BCUT2D eigenvalue weighted by atomic mass is 10.2. The Hall–Kier alpha value is -4.08. The van der Waals surface area contributed by atoms with E-state index in [4.69, 9.17) is 0 Å². The van der Waals surface area contributed by atoms with E-state index in [1.807, 2.05) is 30.3 Å². The van der Waals surface area contributed by atoms with Crippen molar-refractivity contribution in [2.24, 2.45) is 5.10 Å². The van der Waals surface area contributed by atoms with Crippen LogP contribution in [0.3, 0.4) is 0 Å². The van der Waals surface area contributed by atoms with Gasteiger partial charge in [-0.1, -0.05) is 30.3 Å². The number of aromatic nitrogens is 3.